The Morgan fingerprint density at radius 3 is 1.47 bits per heavy atom. The van der Waals surface area contributed by atoms with Gasteiger partial charge in [0, 0.05) is 38.3 Å². The predicted octanol–water partition coefficient (Wildman–Crippen LogP) is -2.99. The van der Waals surface area contributed by atoms with Crippen LogP contribution in [0.15, 0.2) is 12.2 Å². The van der Waals surface area contributed by atoms with E-state index in [4.69, 9.17) is 11.5 Å². The van der Waals surface area contributed by atoms with E-state index >= 15 is 0 Å². The lowest BCUT2D eigenvalue weighted by atomic mass is 10.5. The molecule has 0 radical (unpaired) electrons. The Kier molecular flexibility index (Phi) is 13.4. The number of carbonyl (C=O) groups is 2. The molecule has 88 valence electrons. The average Bonchev–Trinajstić information content (AvgIpc) is 2.17. The number of hydrogen-bond donors (Lipinski definition) is 5. The van der Waals surface area contributed by atoms with E-state index < -0.39 is 11.8 Å². The monoisotopic (exact) mass is 217 g/mol. The lowest BCUT2D eigenvalue weighted by molar-refractivity contribution is -0.115. The fourth-order valence-corrected chi connectivity index (χ4v) is 0.493. The molecule has 2 amide bonds. The molecular formula is C8H19N5O2. The minimum atomic E-state index is -0.677. The van der Waals surface area contributed by atoms with Crippen molar-refractivity contribution in [2.75, 3.05) is 26.2 Å². The molecule has 7 heteroatoms. The van der Waals surface area contributed by atoms with Crippen molar-refractivity contribution in [1.82, 2.24) is 5.32 Å². The van der Waals surface area contributed by atoms with Gasteiger partial charge in [0.15, 0.2) is 0 Å². The Bertz CT molecular complexity index is 185. The largest absolute Gasteiger partial charge is 0.366 e. The van der Waals surface area contributed by atoms with Gasteiger partial charge in [0.2, 0.25) is 11.8 Å². The fraction of sp³-hybridized carbons (Fsp3) is 0.500. The molecular weight excluding hydrogens is 198 g/mol. The van der Waals surface area contributed by atoms with Crippen LogP contribution < -0.4 is 28.3 Å². The van der Waals surface area contributed by atoms with E-state index in [0.717, 1.165) is 25.2 Å². The lowest BCUT2D eigenvalue weighted by Gasteiger charge is -1.95. The smallest absolute Gasteiger partial charge is 0.241 e. The van der Waals surface area contributed by atoms with Gasteiger partial charge >= 0.3 is 0 Å². The van der Waals surface area contributed by atoms with E-state index in [9.17, 15) is 9.59 Å². The number of amides is 2. The molecule has 15 heavy (non-hydrogen) atoms. The quantitative estimate of drug-likeness (QED) is 0.237. The number of hydrogen-bond acceptors (Lipinski definition) is 5. The van der Waals surface area contributed by atoms with Crippen LogP contribution in [0.1, 0.15) is 0 Å². The van der Waals surface area contributed by atoms with Crippen LogP contribution in [0, 0.1) is 0 Å². The number of rotatable bonds is 6. The summed E-state index contributed by atoms with van der Waals surface area (Å²) >= 11 is 0. The molecule has 0 aromatic heterocycles. The first-order valence-electron chi connectivity index (χ1n) is 4.42. The second-order valence-electron chi connectivity index (χ2n) is 2.47. The van der Waals surface area contributed by atoms with Gasteiger partial charge in [-0.1, -0.05) is 0 Å². The Hall–Kier alpha value is -1.44. The van der Waals surface area contributed by atoms with Crippen molar-refractivity contribution < 1.29 is 9.59 Å². The standard InChI is InChI=1S/C4H13N3.C4H6N2O2/c5-1-3-7-4-2-6;5-3(7)1-2-4(6)8/h7H,1-6H2;1-2H,(H2,5,7)(H2,6,8). The van der Waals surface area contributed by atoms with Crippen LogP contribution in [-0.2, 0) is 9.59 Å². The molecule has 0 saturated carbocycles. The van der Waals surface area contributed by atoms with Gasteiger partial charge < -0.3 is 28.3 Å². The maximum atomic E-state index is 9.83. The zero-order valence-electron chi connectivity index (χ0n) is 8.61. The topological polar surface area (TPSA) is 150 Å². The molecule has 0 atom stereocenters. The summed E-state index contributed by atoms with van der Waals surface area (Å²) in [4.78, 5) is 19.7. The van der Waals surface area contributed by atoms with Gasteiger partial charge in [0.1, 0.15) is 0 Å². The van der Waals surface area contributed by atoms with Gasteiger partial charge in [-0.3, -0.25) is 9.59 Å². The molecule has 0 rings (SSSR count). The Labute approximate surface area is 88.8 Å². The van der Waals surface area contributed by atoms with Crippen LogP contribution in [0.2, 0.25) is 0 Å². The van der Waals surface area contributed by atoms with Gasteiger partial charge in [0.25, 0.3) is 0 Å². The van der Waals surface area contributed by atoms with Gasteiger partial charge in [-0.05, 0) is 0 Å². The van der Waals surface area contributed by atoms with E-state index in [1.54, 1.807) is 0 Å². The van der Waals surface area contributed by atoms with E-state index in [1.807, 2.05) is 0 Å². The summed E-state index contributed by atoms with van der Waals surface area (Å²) in [6, 6.07) is 0. The first-order chi connectivity index (χ1) is 7.04. The predicted molar refractivity (Wildman–Crippen MR) is 58.5 cm³/mol. The molecule has 0 bridgehead atoms. The fourth-order valence-electron chi connectivity index (χ4n) is 0.493. The highest BCUT2D eigenvalue weighted by Crippen LogP contribution is 1.65. The van der Waals surface area contributed by atoms with Crippen molar-refractivity contribution in [3.63, 3.8) is 0 Å². The number of nitrogens with two attached hydrogens (primary N) is 4. The van der Waals surface area contributed by atoms with E-state index in [-0.39, 0.29) is 0 Å². The van der Waals surface area contributed by atoms with Crippen LogP contribution in [0.5, 0.6) is 0 Å². The third-order valence-electron chi connectivity index (χ3n) is 1.05. The molecule has 0 unspecified atom stereocenters. The van der Waals surface area contributed by atoms with E-state index in [1.165, 1.54) is 0 Å². The third-order valence-corrected chi connectivity index (χ3v) is 1.05. The summed E-state index contributed by atoms with van der Waals surface area (Å²) in [5.74, 6) is -1.35. The lowest BCUT2D eigenvalue weighted by Crippen LogP contribution is -2.27. The zero-order valence-corrected chi connectivity index (χ0v) is 8.61. The van der Waals surface area contributed by atoms with Crippen molar-refractivity contribution in [3.05, 3.63) is 12.2 Å². The maximum absolute atomic E-state index is 9.83. The third kappa shape index (κ3) is 24.5. The molecule has 0 heterocycles. The average molecular weight is 217 g/mol. The second-order valence-corrected chi connectivity index (χ2v) is 2.47. The van der Waals surface area contributed by atoms with Gasteiger partial charge in [-0.25, -0.2) is 0 Å². The zero-order chi connectivity index (χ0) is 12.1. The molecule has 0 spiro atoms. The van der Waals surface area contributed by atoms with Crippen LogP contribution in [0.4, 0.5) is 0 Å². The summed E-state index contributed by atoms with van der Waals surface area (Å²) in [7, 11) is 0. The molecule has 0 aromatic rings. The highest BCUT2D eigenvalue weighted by atomic mass is 16.1. The molecule has 0 aliphatic rings. The first kappa shape index (κ1) is 16.0. The first-order valence-corrected chi connectivity index (χ1v) is 4.42. The summed E-state index contributed by atoms with van der Waals surface area (Å²) in [6.07, 6.45) is 1.81. The highest BCUT2D eigenvalue weighted by Gasteiger charge is 1.84. The number of nitrogens with one attached hydrogen (secondary N) is 1. The molecule has 9 N–H and O–H groups in total. The summed E-state index contributed by atoms with van der Waals surface area (Å²) < 4.78 is 0. The molecule has 7 nitrogen and oxygen atoms in total. The normalized spacial score (nSPS) is 9.47. The second kappa shape index (κ2) is 12.6. The van der Waals surface area contributed by atoms with Crippen molar-refractivity contribution >= 4 is 11.8 Å². The van der Waals surface area contributed by atoms with E-state index in [0.29, 0.717) is 13.1 Å². The SMILES string of the molecule is NC(=O)C=CC(N)=O.NCCNCCN. The van der Waals surface area contributed by atoms with E-state index in [2.05, 4.69) is 16.8 Å². The van der Waals surface area contributed by atoms with Gasteiger partial charge in [0.05, 0.1) is 0 Å². The molecule has 0 fully saturated rings. The van der Waals surface area contributed by atoms with Crippen LogP contribution in [0.3, 0.4) is 0 Å². The summed E-state index contributed by atoms with van der Waals surface area (Å²) in [5.41, 5.74) is 19.5. The van der Waals surface area contributed by atoms with Crippen molar-refractivity contribution in [2.24, 2.45) is 22.9 Å². The van der Waals surface area contributed by atoms with Gasteiger partial charge in [-0.2, -0.15) is 0 Å². The number of carbonyl (C=O) groups excluding carboxylic acids is 2. The highest BCUT2D eigenvalue weighted by molar-refractivity contribution is 5.95. The van der Waals surface area contributed by atoms with Crippen molar-refractivity contribution in [2.45, 2.75) is 0 Å². The molecule has 0 saturated heterocycles. The van der Waals surface area contributed by atoms with Crippen molar-refractivity contribution in [3.8, 4) is 0 Å². The summed E-state index contributed by atoms with van der Waals surface area (Å²) in [5, 5.41) is 3.03. The minimum absolute atomic E-state index is 0.677. The van der Waals surface area contributed by atoms with Crippen LogP contribution in [0.25, 0.3) is 0 Å². The van der Waals surface area contributed by atoms with Crippen LogP contribution >= 0.6 is 0 Å². The van der Waals surface area contributed by atoms with Gasteiger partial charge in [-0.15, -0.1) is 0 Å². The molecule has 0 aliphatic heterocycles. The summed E-state index contributed by atoms with van der Waals surface area (Å²) in [6.45, 7) is 3.13. The Morgan fingerprint density at radius 1 is 0.933 bits per heavy atom. The Morgan fingerprint density at radius 2 is 1.27 bits per heavy atom. The van der Waals surface area contributed by atoms with Crippen molar-refractivity contribution in [1.29, 1.82) is 0 Å². The molecule has 0 aromatic carbocycles. The molecule has 0 aliphatic carbocycles. The maximum Gasteiger partial charge on any atom is 0.241 e. The van der Waals surface area contributed by atoms with Crippen LogP contribution in [-0.4, -0.2) is 38.0 Å². The number of primary amides is 2. The Balaban J connectivity index is 0. The minimum Gasteiger partial charge on any atom is -0.366 e.